The summed E-state index contributed by atoms with van der Waals surface area (Å²) >= 11 is 2.05. The molecule has 0 aliphatic carbocycles. The zero-order valence-electron chi connectivity index (χ0n) is 14.7. The lowest BCUT2D eigenvalue weighted by atomic mass is 10.1. The van der Waals surface area contributed by atoms with E-state index in [0.717, 1.165) is 18.4 Å². The van der Waals surface area contributed by atoms with Crippen molar-refractivity contribution in [2.75, 3.05) is 11.5 Å². The number of hydrogen-bond acceptors (Lipinski definition) is 2. The summed E-state index contributed by atoms with van der Waals surface area (Å²) in [6, 6.07) is 10.1. The van der Waals surface area contributed by atoms with Crippen LogP contribution >= 0.6 is 11.8 Å². The minimum Gasteiger partial charge on any atom is -0.352 e. The molecule has 0 saturated carbocycles. The van der Waals surface area contributed by atoms with E-state index in [4.69, 9.17) is 0 Å². The number of amides is 1. The zero-order valence-corrected chi connectivity index (χ0v) is 15.5. The number of thioether (sulfide) groups is 1. The fraction of sp³-hybridized carbons (Fsp3) is 0.650. The van der Waals surface area contributed by atoms with Crippen LogP contribution in [0.2, 0.25) is 0 Å². The first-order chi connectivity index (χ1) is 11.3. The van der Waals surface area contributed by atoms with Gasteiger partial charge in [-0.3, -0.25) is 4.79 Å². The molecule has 0 aromatic heterocycles. The molecule has 0 unspecified atom stereocenters. The van der Waals surface area contributed by atoms with Gasteiger partial charge in [0.2, 0.25) is 5.91 Å². The summed E-state index contributed by atoms with van der Waals surface area (Å²) in [6.45, 7) is 2.91. The first-order valence-corrected chi connectivity index (χ1v) is 10.4. The average Bonchev–Trinajstić information content (AvgIpc) is 2.59. The summed E-state index contributed by atoms with van der Waals surface area (Å²) in [5, 5.41) is 2.99. The van der Waals surface area contributed by atoms with Crippen LogP contribution < -0.4 is 5.32 Å². The van der Waals surface area contributed by atoms with Crippen LogP contribution in [0.25, 0.3) is 0 Å². The fourth-order valence-electron chi connectivity index (χ4n) is 2.46. The van der Waals surface area contributed by atoms with Gasteiger partial charge in [0.25, 0.3) is 0 Å². The van der Waals surface area contributed by atoms with Crippen LogP contribution in [0.3, 0.4) is 0 Å². The number of unbranched alkanes of at least 4 members (excludes halogenated alkanes) is 6. The van der Waals surface area contributed by atoms with Crippen molar-refractivity contribution >= 4 is 17.7 Å². The molecule has 1 amide bonds. The van der Waals surface area contributed by atoms with Crippen LogP contribution in [0.15, 0.2) is 30.3 Å². The SMILES string of the molecule is CCCCCCCCSCCCCC(=O)NCc1ccccc1. The number of rotatable bonds is 14. The molecular weight excluding hydrogens is 302 g/mol. The molecule has 0 heterocycles. The van der Waals surface area contributed by atoms with Gasteiger partial charge < -0.3 is 5.32 Å². The van der Waals surface area contributed by atoms with Crippen LogP contribution in [-0.2, 0) is 11.3 Å². The van der Waals surface area contributed by atoms with E-state index in [9.17, 15) is 4.79 Å². The number of carbonyl (C=O) groups excluding carboxylic acids is 1. The van der Waals surface area contributed by atoms with Gasteiger partial charge in [0, 0.05) is 13.0 Å². The van der Waals surface area contributed by atoms with Gasteiger partial charge in [0.05, 0.1) is 0 Å². The average molecular weight is 336 g/mol. The number of hydrogen-bond donors (Lipinski definition) is 1. The predicted octanol–water partition coefficient (Wildman–Crippen LogP) is 5.57. The lowest BCUT2D eigenvalue weighted by molar-refractivity contribution is -0.121. The van der Waals surface area contributed by atoms with Gasteiger partial charge in [-0.25, -0.2) is 0 Å². The lowest BCUT2D eigenvalue weighted by Crippen LogP contribution is -2.22. The number of nitrogens with one attached hydrogen (secondary N) is 1. The van der Waals surface area contributed by atoms with E-state index in [0.29, 0.717) is 13.0 Å². The van der Waals surface area contributed by atoms with E-state index in [1.165, 1.54) is 50.0 Å². The Bertz CT molecular complexity index is 394. The normalized spacial score (nSPS) is 10.7. The van der Waals surface area contributed by atoms with Gasteiger partial charge in [-0.15, -0.1) is 0 Å². The summed E-state index contributed by atoms with van der Waals surface area (Å²) in [5.41, 5.74) is 1.16. The summed E-state index contributed by atoms with van der Waals surface area (Å²) < 4.78 is 0. The molecule has 3 heteroatoms. The van der Waals surface area contributed by atoms with E-state index in [-0.39, 0.29) is 5.91 Å². The predicted molar refractivity (Wildman–Crippen MR) is 103 cm³/mol. The van der Waals surface area contributed by atoms with Gasteiger partial charge in [0.1, 0.15) is 0 Å². The molecular formula is C20H33NOS. The van der Waals surface area contributed by atoms with Crippen molar-refractivity contribution in [3.63, 3.8) is 0 Å². The maximum Gasteiger partial charge on any atom is 0.220 e. The second kappa shape index (κ2) is 14.6. The molecule has 0 aliphatic rings. The van der Waals surface area contributed by atoms with Gasteiger partial charge in [0.15, 0.2) is 0 Å². The van der Waals surface area contributed by atoms with E-state index in [1.807, 2.05) is 42.1 Å². The van der Waals surface area contributed by atoms with Crippen molar-refractivity contribution < 1.29 is 4.79 Å². The third kappa shape index (κ3) is 12.2. The van der Waals surface area contributed by atoms with Crippen LogP contribution in [0.5, 0.6) is 0 Å². The molecule has 130 valence electrons. The molecule has 1 rings (SSSR count). The molecule has 0 aliphatic heterocycles. The van der Waals surface area contributed by atoms with E-state index >= 15 is 0 Å². The van der Waals surface area contributed by atoms with Gasteiger partial charge in [-0.1, -0.05) is 69.4 Å². The Morgan fingerprint density at radius 1 is 0.913 bits per heavy atom. The zero-order chi connectivity index (χ0) is 16.6. The van der Waals surface area contributed by atoms with Crippen molar-refractivity contribution in [3.8, 4) is 0 Å². The van der Waals surface area contributed by atoms with Crippen molar-refractivity contribution in [1.29, 1.82) is 0 Å². The molecule has 0 spiro atoms. The molecule has 0 radical (unpaired) electrons. The minimum absolute atomic E-state index is 0.176. The second-order valence-electron chi connectivity index (χ2n) is 6.10. The summed E-state index contributed by atoms with van der Waals surface area (Å²) in [4.78, 5) is 11.8. The standard InChI is InChI=1S/C20H33NOS/c1-2-3-4-5-6-11-16-23-17-12-10-15-20(22)21-18-19-13-8-7-9-14-19/h7-9,13-14H,2-6,10-12,15-18H2,1H3,(H,21,22). The summed E-state index contributed by atoms with van der Waals surface area (Å²) in [5.74, 6) is 2.66. The van der Waals surface area contributed by atoms with E-state index in [2.05, 4.69) is 12.2 Å². The molecule has 23 heavy (non-hydrogen) atoms. The van der Waals surface area contributed by atoms with Gasteiger partial charge in [-0.05, 0) is 36.3 Å². The molecule has 0 bridgehead atoms. The summed E-state index contributed by atoms with van der Waals surface area (Å²) in [6.07, 6.45) is 11.1. The third-order valence-corrected chi connectivity index (χ3v) is 5.07. The Morgan fingerprint density at radius 2 is 1.57 bits per heavy atom. The second-order valence-corrected chi connectivity index (χ2v) is 7.32. The first-order valence-electron chi connectivity index (χ1n) is 9.21. The Kier molecular flexibility index (Phi) is 12.8. The van der Waals surface area contributed by atoms with Crippen LogP contribution in [0.1, 0.15) is 70.3 Å². The highest BCUT2D eigenvalue weighted by atomic mass is 32.2. The summed E-state index contributed by atoms with van der Waals surface area (Å²) in [7, 11) is 0. The quantitative estimate of drug-likeness (QED) is 0.450. The largest absolute Gasteiger partial charge is 0.352 e. The topological polar surface area (TPSA) is 29.1 Å². The highest BCUT2D eigenvalue weighted by Gasteiger charge is 2.01. The highest BCUT2D eigenvalue weighted by molar-refractivity contribution is 7.99. The molecule has 1 aromatic carbocycles. The van der Waals surface area contributed by atoms with Crippen molar-refractivity contribution in [2.24, 2.45) is 0 Å². The monoisotopic (exact) mass is 335 g/mol. The van der Waals surface area contributed by atoms with Crippen molar-refractivity contribution in [1.82, 2.24) is 5.32 Å². The van der Waals surface area contributed by atoms with Crippen LogP contribution in [0, 0.1) is 0 Å². The molecule has 0 fully saturated rings. The maximum absolute atomic E-state index is 11.8. The highest BCUT2D eigenvalue weighted by Crippen LogP contribution is 2.12. The van der Waals surface area contributed by atoms with Gasteiger partial charge >= 0.3 is 0 Å². The van der Waals surface area contributed by atoms with Gasteiger partial charge in [-0.2, -0.15) is 11.8 Å². The number of benzene rings is 1. The Hall–Kier alpha value is -0.960. The third-order valence-electron chi connectivity index (χ3n) is 3.92. The van der Waals surface area contributed by atoms with E-state index in [1.54, 1.807) is 0 Å². The fourth-order valence-corrected chi connectivity index (χ4v) is 3.48. The Balaban J connectivity index is 1.84. The van der Waals surface area contributed by atoms with Crippen molar-refractivity contribution in [3.05, 3.63) is 35.9 Å². The number of carbonyl (C=O) groups is 1. The molecule has 0 atom stereocenters. The molecule has 1 aromatic rings. The minimum atomic E-state index is 0.176. The first kappa shape index (κ1) is 20.1. The van der Waals surface area contributed by atoms with Crippen LogP contribution in [-0.4, -0.2) is 17.4 Å². The maximum atomic E-state index is 11.8. The molecule has 1 N–H and O–H groups in total. The lowest BCUT2D eigenvalue weighted by Gasteiger charge is -2.05. The van der Waals surface area contributed by atoms with Crippen molar-refractivity contribution in [2.45, 2.75) is 71.3 Å². The Morgan fingerprint density at radius 3 is 2.30 bits per heavy atom. The van der Waals surface area contributed by atoms with E-state index < -0.39 is 0 Å². The molecule has 2 nitrogen and oxygen atoms in total. The molecule has 0 saturated heterocycles. The Labute approximate surface area is 146 Å². The van der Waals surface area contributed by atoms with Crippen LogP contribution in [0.4, 0.5) is 0 Å². The smallest absolute Gasteiger partial charge is 0.220 e.